The Morgan fingerprint density at radius 3 is 2.68 bits per heavy atom. The van der Waals surface area contributed by atoms with E-state index in [1.54, 1.807) is 48.5 Å². The number of amides is 1. The van der Waals surface area contributed by atoms with Gasteiger partial charge in [-0.15, -0.1) is 0 Å². The number of carbonyl (C=O) groups is 2. The maximum Gasteiger partial charge on any atom is 0.279 e. The third-order valence-electron chi connectivity index (χ3n) is 6.69. The largest absolute Gasteiger partial charge is 0.454 e. The van der Waals surface area contributed by atoms with Gasteiger partial charge in [0, 0.05) is 5.56 Å². The van der Waals surface area contributed by atoms with Gasteiger partial charge < -0.3 is 20.4 Å². The van der Waals surface area contributed by atoms with Crippen molar-refractivity contribution in [2.24, 2.45) is 0 Å². The van der Waals surface area contributed by atoms with Gasteiger partial charge in [0.1, 0.15) is 11.4 Å². The van der Waals surface area contributed by atoms with E-state index in [1.807, 2.05) is 19.1 Å². The zero-order valence-corrected chi connectivity index (χ0v) is 18.2. The van der Waals surface area contributed by atoms with Crippen LogP contribution in [0.15, 0.2) is 66.9 Å². The number of fused-ring (bicyclic) bond motifs is 6. The van der Waals surface area contributed by atoms with E-state index in [1.165, 1.54) is 11.1 Å². The Morgan fingerprint density at radius 2 is 1.91 bits per heavy atom. The van der Waals surface area contributed by atoms with Crippen molar-refractivity contribution in [1.29, 1.82) is 0 Å². The summed E-state index contributed by atoms with van der Waals surface area (Å²) in [6.07, 6.45) is 2.65. The van der Waals surface area contributed by atoms with Crippen LogP contribution in [0.3, 0.4) is 0 Å². The zero-order valence-electron chi connectivity index (χ0n) is 18.2. The number of rotatable bonds is 3. The van der Waals surface area contributed by atoms with E-state index in [0.717, 1.165) is 12.0 Å². The van der Waals surface area contributed by atoms with Gasteiger partial charge in [-0.3, -0.25) is 14.7 Å². The second-order valence-electron chi connectivity index (χ2n) is 8.44. The highest BCUT2D eigenvalue weighted by atomic mass is 16.6. The SMILES string of the molecule is CCc1ccc2c(c1)OC1(O)c3cccc(N)c3N(C(=O)c3cnc4ccccc4n3)C21C=O. The first-order valence-corrected chi connectivity index (χ1v) is 10.9. The molecule has 168 valence electrons. The number of nitrogens with zero attached hydrogens (tertiary/aromatic N) is 3. The minimum atomic E-state index is -2.16. The molecule has 3 heterocycles. The van der Waals surface area contributed by atoms with Gasteiger partial charge in [-0.25, -0.2) is 4.98 Å². The Balaban J connectivity index is 1.63. The summed E-state index contributed by atoms with van der Waals surface area (Å²) in [5.74, 6) is -2.45. The molecule has 34 heavy (non-hydrogen) atoms. The molecule has 2 unspecified atom stereocenters. The number of aryl methyl sites for hydroxylation is 1. The van der Waals surface area contributed by atoms with Gasteiger partial charge in [0.15, 0.2) is 6.29 Å². The number of nitrogen functional groups attached to an aromatic ring is 1. The molecular weight excluding hydrogens is 432 g/mol. The Bertz CT molecular complexity index is 1520. The van der Waals surface area contributed by atoms with Crippen LogP contribution in [0, 0.1) is 0 Å². The van der Waals surface area contributed by atoms with Crippen molar-refractivity contribution in [3.63, 3.8) is 0 Å². The lowest BCUT2D eigenvalue weighted by molar-refractivity contribution is -0.173. The molecule has 6 rings (SSSR count). The molecule has 2 aliphatic rings. The molecule has 8 heteroatoms. The smallest absolute Gasteiger partial charge is 0.279 e. The average Bonchev–Trinajstić information content (AvgIpc) is 3.25. The maximum absolute atomic E-state index is 14.0. The minimum Gasteiger partial charge on any atom is -0.454 e. The number of hydrogen-bond acceptors (Lipinski definition) is 7. The summed E-state index contributed by atoms with van der Waals surface area (Å²) in [5.41, 5.74) is 7.58. The van der Waals surface area contributed by atoms with Gasteiger partial charge in [-0.2, -0.15) is 0 Å². The van der Waals surface area contributed by atoms with E-state index in [9.17, 15) is 14.7 Å². The molecule has 0 aliphatic carbocycles. The number of anilines is 2. The molecule has 0 radical (unpaired) electrons. The Hall–Kier alpha value is -4.30. The van der Waals surface area contributed by atoms with E-state index in [-0.39, 0.29) is 22.6 Å². The maximum atomic E-state index is 14.0. The van der Waals surface area contributed by atoms with Crippen LogP contribution in [0.1, 0.15) is 34.1 Å². The highest BCUT2D eigenvalue weighted by molar-refractivity contribution is 6.13. The number of aliphatic hydroxyl groups is 1. The lowest BCUT2D eigenvalue weighted by Crippen LogP contribution is -2.58. The Labute approximate surface area is 194 Å². The molecule has 0 spiro atoms. The fourth-order valence-electron chi connectivity index (χ4n) is 5.03. The van der Waals surface area contributed by atoms with Gasteiger partial charge in [-0.05, 0) is 36.2 Å². The number of para-hydroxylation sites is 3. The summed E-state index contributed by atoms with van der Waals surface area (Å²) in [6, 6.07) is 17.4. The van der Waals surface area contributed by atoms with E-state index in [4.69, 9.17) is 10.5 Å². The van der Waals surface area contributed by atoms with Crippen molar-refractivity contribution in [2.45, 2.75) is 24.7 Å². The summed E-state index contributed by atoms with van der Waals surface area (Å²) >= 11 is 0. The van der Waals surface area contributed by atoms with Crippen molar-refractivity contribution in [2.75, 3.05) is 10.6 Å². The number of ether oxygens (including phenoxy) is 1. The molecular formula is C26H20N4O4. The Morgan fingerprint density at radius 1 is 1.12 bits per heavy atom. The van der Waals surface area contributed by atoms with Gasteiger partial charge in [0.2, 0.25) is 5.54 Å². The third-order valence-corrected chi connectivity index (χ3v) is 6.69. The summed E-state index contributed by atoms with van der Waals surface area (Å²) in [6.45, 7) is 1.99. The molecule has 0 saturated carbocycles. The highest BCUT2D eigenvalue weighted by Crippen LogP contribution is 2.62. The average molecular weight is 452 g/mol. The monoisotopic (exact) mass is 452 g/mol. The molecule has 0 bridgehead atoms. The first-order valence-electron chi connectivity index (χ1n) is 10.9. The lowest BCUT2D eigenvalue weighted by atomic mass is 9.83. The molecule has 3 aromatic carbocycles. The van der Waals surface area contributed by atoms with Crippen molar-refractivity contribution in [1.82, 2.24) is 9.97 Å². The van der Waals surface area contributed by atoms with Gasteiger partial charge >= 0.3 is 0 Å². The Kier molecular flexibility index (Phi) is 4.09. The normalized spacial score (nSPS) is 22.1. The summed E-state index contributed by atoms with van der Waals surface area (Å²) in [7, 11) is 0. The fraction of sp³-hybridized carbons (Fsp3) is 0.154. The van der Waals surface area contributed by atoms with Crippen molar-refractivity contribution < 1.29 is 19.4 Å². The van der Waals surface area contributed by atoms with Crippen LogP contribution in [0.4, 0.5) is 11.4 Å². The molecule has 8 nitrogen and oxygen atoms in total. The number of aromatic nitrogens is 2. The van der Waals surface area contributed by atoms with Gasteiger partial charge in [-0.1, -0.05) is 43.3 Å². The first kappa shape index (κ1) is 20.3. The summed E-state index contributed by atoms with van der Waals surface area (Å²) in [4.78, 5) is 37.0. The number of aldehydes is 1. The predicted octanol–water partition coefficient (Wildman–Crippen LogP) is 3.07. The molecule has 4 aromatic rings. The standard InChI is InChI=1S/C26H20N4O4/c1-2-15-10-11-16-22(12-15)34-26(33)17-6-5-7-18(27)23(17)30(25(16,26)14-31)24(32)21-13-28-19-8-3-4-9-20(19)29-21/h3-14,33H,2,27H2,1H3. The van der Waals surface area contributed by atoms with Crippen molar-refractivity contribution >= 4 is 34.6 Å². The van der Waals surface area contributed by atoms with Crippen LogP contribution in [0.5, 0.6) is 5.75 Å². The van der Waals surface area contributed by atoms with E-state index in [2.05, 4.69) is 9.97 Å². The number of carbonyl (C=O) groups excluding carboxylic acids is 2. The number of hydrogen-bond donors (Lipinski definition) is 2. The lowest BCUT2D eigenvalue weighted by Gasteiger charge is -2.36. The van der Waals surface area contributed by atoms with E-state index in [0.29, 0.717) is 28.6 Å². The molecule has 1 aromatic heterocycles. The van der Waals surface area contributed by atoms with Crippen LogP contribution < -0.4 is 15.4 Å². The third kappa shape index (κ3) is 2.35. The van der Waals surface area contributed by atoms with E-state index < -0.39 is 17.2 Å². The summed E-state index contributed by atoms with van der Waals surface area (Å²) < 4.78 is 6.06. The van der Waals surface area contributed by atoms with Crippen LogP contribution in [-0.4, -0.2) is 27.3 Å². The van der Waals surface area contributed by atoms with E-state index >= 15 is 0 Å². The molecule has 3 N–H and O–H groups in total. The minimum absolute atomic E-state index is 0.0111. The first-order chi connectivity index (χ1) is 16.4. The highest BCUT2D eigenvalue weighted by Gasteiger charge is 2.72. The summed E-state index contributed by atoms with van der Waals surface area (Å²) in [5, 5.41) is 11.9. The molecule has 1 amide bonds. The molecule has 2 atom stereocenters. The van der Waals surface area contributed by atoms with Crippen LogP contribution in [0.2, 0.25) is 0 Å². The topological polar surface area (TPSA) is 119 Å². The fourth-order valence-corrected chi connectivity index (χ4v) is 5.03. The van der Waals surface area contributed by atoms with Crippen LogP contribution in [0.25, 0.3) is 11.0 Å². The predicted molar refractivity (Wildman–Crippen MR) is 125 cm³/mol. The zero-order chi connectivity index (χ0) is 23.7. The number of benzene rings is 3. The van der Waals surface area contributed by atoms with Gasteiger partial charge in [0.25, 0.3) is 11.7 Å². The van der Waals surface area contributed by atoms with Gasteiger partial charge in [0.05, 0.1) is 34.2 Å². The quantitative estimate of drug-likeness (QED) is 0.362. The van der Waals surface area contributed by atoms with Crippen molar-refractivity contribution in [3.05, 3.63) is 89.2 Å². The van der Waals surface area contributed by atoms with Crippen LogP contribution >= 0.6 is 0 Å². The molecule has 0 saturated heterocycles. The second kappa shape index (κ2) is 6.85. The molecule has 2 aliphatic heterocycles. The second-order valence-corrected chi connectivity index (χ2v) is 8.44. The number of nitrogens with two attached hydrogens (primary N) is 1. The van der Waals surface area contributed by atoms with Crippen LogP contribution in [-0.2, 0) is 22.5 Å². The molecule has 0 fully saturated rings. The van der Waals surface area contributed by atoms with Crippen molar-refractivity contribution in [3.8, 4) is 5.75 Å².